The number of thioether (sulfide) groups is 1. The van der Waals surface area contributed by atoms with Crippen LogP contribution in [0.1, 0.15) is 0 Å². The number of hydrogen-bond acceptors (Lipinski definition) is 8. The van der Waals surface area contributed by atoms with Crippen LogP contribution in [-0.4, -0.2) is 39.9 Å². The normalized spacial score (nSPS) is 11.2. The maximum atomic E-state index is 11.9. The first kappa shape index (κ1) is 14.6. The number of ether oxygens (including phenoxy) is 1. The van der Waals surface area contributed by atoms with Crippen molar-refractivity contribution in [2.45, 2.75) is 5.51 Å². The summed E-state index contributed by atoms with van der Waals surface area (Å²) in [4.78, 5) is 11.3. The van der Waals surface area contributed by atoms with E-state index in [9.17, 15) is 13.2 Å². The highest BCUT2D eigenvalue weighted by Gasteiger charge is 2.27. The molecule has 0 amide bonds. The van der Waals surface area contributed by atoms with E-state index in [0.717, 1.165) is 0 Å². The molecular formula is C7H11F3N6OS. The zero-order valence-electron chi connectivity index (χ0n) is 9.28. The van der Waals surface area contributed by atoms with Gasteiger partial charge in [0.15, 0.2) is 0 Å². The van der Waals surface area contributed by atoms with Crippen LogP contribution in [-0.2, 0) is 0 Å². The molecule has 1 aromatic heterocycles. The molecule has 102 valence electrons. The highest BCUT2D eigenvalue weighted by atomic mass is 32.2. The van der Waals surface area contributed by atoms with Crippen molar-refractivity contribution in [1.29, 1.82) is 0 Å². The summed E-state index contributed by atoms with van der Waals surface area (Å²) in [7, 11) is 1.35. The van der Waals surface area contributed by atoms with Gasteiger partial charge in [0.1, 0.15) is 0 Å². The average Bonchev–Trinajstić information content (AvgIpc) is 2.33. The predicted molar refractivity (Wildman–Crippen MR) is 61.2 cm³/mol. The number of hydrogen-bond donors (Lipinski definition) is 3. The average molecular weight is 284 g/mol. The maximum Gasteiger partial charge on any atom is 0.441 e. The van der Waals surface area contributed by atoms with Crippen LogP contribution >= 0.6 is 11.8 Å². The molecule has 0 aliphatic rings. The number of methoxy groups -OCH3 is 1. The fourth-order valence-corrected chi connectivity index (χ4v) is 1.36. The van der Waals surface area contributed by atoms with Gasteiger partial charge in [-0.15, -0.1) is 0 Å². The first-order valence-corrected chi connectivity index (χ1v) is 5.64. The van der Waals surface area contributed by atoms with Crippen molar-refractivity contribution in [2.75, 3.05) is 30.1 Å². The highest BCUT2D eigenvalue weighted by Crippen LogP contribution is 2.29. The van der Waals surface area contributed by atoms with Crippen molar-refractivity contribution < 1.29 is 17.9 Å². The first-order valence-electron chi connectivity index (χ1n) is 4.66. The molecule has 0 aliphatic heterocycles. The number of halogens is 3. The summed E-state index contributed by atoms with van der Waals surface area (Å²) < 4.78 is 40.4. The monoisotopic (exact) mass is 284 g/mol. The molecule has 0 aliphatic carbocycles. The van der Waals surface area contributed by atoms with E-state index in [2.05, 4.69) is 25.7 Å². The van der Waals surface area contributed by atoms with Crippen molar-refractivity contribution >= 4 is 23.7 Å². The van der Waals surface area contributed by atoms with Crippen LogP contribution in [0.4, 0.5) is 25.1 Å². The van der Waals surface area contributed by atoms with Crippen LogP contribution in [0.25, 0.3) is 0 Å². The standard InChI is InChI=1S/C7H11F3N6OS/c1-17-6-14-4(13-5(15-6)16-11)12-2-3-18-7(8,9)10/h2-3,11H2,1H3,(H2,12,13,14,15,16). The first-order chi connectivity index (χ1) is 8.44. The Hall–Kier alpha value is -1.49. The van der Waals surface area contributed by atoms with E-state index in [-0.39, 0.29) is 42.0 Å². The van der Waals surface area contributed by atoms with Gasteiger partial charge in [-0.2, -0.15) is 28.1 Å². The SMILES string of the molecule is COc1nc(NN)nc(NCCSC(F)(F)F)n1. The van der Waals surface area contributed by atoms with Gasteiger partial charge in [-0.3, -0.25) is 5.43 Å². The van der Waals surface area contributed by atoms with Crippen molar-refractivity contribution in [1.82, 2.24) is 15.0 Å². The van der Waals surface area contributed by atoms with Crippen molar-refractivity contribution in [2.24, 2.45) is 5.84 Å². The van der Waals surface area contributed by atoms with Crippen LogP contribution < -0.4 is 21.3 Å². The minimum atomic E-state index is -4.25. The Balaban J connectivity index is 2.51. The smallest absolute Gasteiger partial charge is 0.441 e. The third kappa shape index (κ3) is 5.23. The van der Waals surface area contributed by atoms with Gasteiger partial charge in [-0.25, -0.2) is 5.84 Å². The quantitative estimate of drug-likeness (QED) is 0.401. The molecule has 0 saturated carbocycles. The second-order valence-corrected chi connectivity index (χ2v) is 3.99. The van der Waals surface area contributed by atoms with E-state index in [1.807, 2.05) is 0 Å². The molecule has 0 aromatic carbocycles. The molecule has 7 nitrogen and oxygen atoms in total. The number of nitrogens with zero attached hydrogens (tertiary/aromatic N) is 3. The maximum absolute atomic E-state index is 11.9. The summed E-state index contributed by atoms with van der Waals surface area (Å²) in [5, 5.41) is 2.61. The molecule has 1 heterocycles. The van der Waals surface area contributed by atoms with Crippen LogP contribution in [0, 0.1) is 0 Å². The number of nitrogens with two attached hydrogens (primary N) is 1. The Bertz CT molecular complexity index is 368. The summed E-state index contributed by atoms with van der Waals surface area (Å²) in [6, 6.07) is 0.00363. The van der Waals surface area contributed by atoms with Crippen LogP contribution in [0.5, 0.6) is 6.01 Å². The van der Waals surface area contributed by atoms with Gasteiger partial charge in [0.05, 0.1) is 7.11 Å². The van der Waals surface area contributed by atoms with Crippen LogP contribution in [0.15, 0.2) is 0 Å². The van der Waals surface area contributed by atoms with Gasteiger partial charge in [0.25, 0.3) is 0 Å². The third-order valence-corrected chi connectivity index (χ3v) is 2.31. The molecule has 1 aromatic rings. The lowest BCUT2D eigenvalue weighted by molar-refractivity contribution is -0.0327. The lowest BCUT2D eigenvalue weighted by Crippen LogP contribution is -2.15. The lowest BCUT2D eigenvalue weighted by atomic mass is 10.7. The molecular weight excluding hydrogens is 273 g/mol. The predicted octanol–water partition coefficient (Wildman–Crippen LogP) is 0.831. The molecule has 0 atom stereocenters. The van der Waals surface area contributed by atoms with Gasteiger partial charge in [-0.05, 0) is 11.8 Å². The summed E-state index contributed by atoms with van der Waals surface area (Å²) >= 11 is -0.133. The van der Waals surface area contributed by atoms with E-state index >= 15 is 0 Å². The van der Waals surface area contributed by atoms with Crippen molar-refractivity contribution in [3.63, 3.8) is 0 Å². The minimum absolute atomic E-state index is 0.00363. The number of nitrogens with one attached hydrogen (secondary N) is 2. The summed E-state index contributed by atoms with van der Waals surface area (Å²) in [6.45, 7) is 0.0430. The largest absolute Gasteiger partial charge is 0.467 e. The Morgan fingerprint density at radius 3 is 2.50 bits per heavy atom. The molecule has 4 N–H and O–H groups in total. The zero-order chi connectivity index (χ0) is 13.6. The van der Waals surface area contributed by atoms with E-state index in [4.69, 9.17) is 10.6 Å². The Kier molecular flexibility index (Phi) is 5.22. The fraction of sp³-hybridized carbons (Fsp3) is 0.571. The number of rotatable bonds is 6. The molecule has 0 radical (unpaired) electrons. The molecule has 0 bridgehead atoms. The summed E-state index contributed by atoms with van der Waals surface area (Å²) in [5.74, 6) is 5.08. The number of alkyl halides is 3. The second-order valence-electron chi connectivity index (χ2n) is 2.83. The topological polar surface area (TPSA) is 98.0 Å². The summed E-state index contributed by atoms with van der Waals surface area (Å²) in [5.41, 5.74) is -2.06. The van der Waals surface area contributed by atoms with Gasteiger partial charge >= 0.3 is 11.5 Å². The van der Waals surface area contributed by atoms with E-state index < -0.39 is 5.51 Å². The third-order valence-electron chi connectivity index (χ3n) is 1.58. The molecule has 0 unspecified atom stereocenters. The summed E-state index contributed by atoms with van der Waals surface area (Å²) in [6.07, 6.45) is 0. The zero-order valence-corrected chi connectivity index (χ0v) is 10.1. The molecule has 18 heavy (non-hydrogen) atoms. The molecule has 0 fully saturated rings. The number of aromatic nitrogens is 3. The number of hydrazine groups is 1. The van der Waals surface area contributed by atoms with Gasteiger partial charge in [-0.1, -0.05) is 0 Å². The van der Waals surface area contributed by atoms with E-state index in [1.54, 1.807) is 0 Å². The number of nitrogen functional groups attached to an aromatic ring is 1. The second kappa shape index (κ2) is 6.44. The van der Waals surface area contributed by atoms with Crippen molar-refractivity contribution in [3.05, 3.63) is 0 Å². The van der Waals surface area contributed by atoms with Gasteiger partial charge in [0, 0.05) is 12.3 Å². The molecule has 0 saturated heterocycles. The van der Waals surface area contributed by atoms with Crippen molar-refractivity contribution in [3.8, 4) is 6.01 Å². The lowest BCUT2D eigenvalue weighted by Gasteiger charge is -2.08. The Morgan fingerprint density at radius 2 is 1.94 bits per heavy atom. The molecule has 0 spiro atoms. The van der Waals surface area contributed by atoms with Gasteiger partial charge < -0.3 is 10.1 Å². The molecule has 11 heteroatoms. The van der Waals surface area contributed by atoms with Crippen LogP contribution in [0.3, 0.4) is 0 Å². The highest BCUT2D eigenvalue weighted by molar-refractivity contribution is 8.00. The van der Waals surface area contributed by atoms with E-state index in [0.29, 0.717) is 0 Å². The Labute approximate surface area is 105 Å². The van der Waals surface area contributed by atoms with Crippen LogP contribution in [0.2, 0.25) is 0 Å². The van der Waals surface area contributed by atoms with Gasteiger partial charge in [0.2, 0.25) is 11.9 Å². The molecule has 1 rings (SSSR count). The minimum Gasteiger partial charge on any atom is -0.467 e. The van der Waals surface area contributed by atoms with E-state index in [1.165, 1.54) is 7.11 Å². The number of anilines is 2. The fourth-order valence-electron chi connectivity index (χ4n) is 0.921. The Morgan fingerprint density at radius 1 is 1.28 bits per heavy atom.